The molecule has 2 bridgehead atoms. The predicted octanol–water partition coefficient (Wildman–Crippen LogP) is 2.04. The van der Waals surface area contributed by atoms with Gasteiger partial charge < -0.3 is 0 Å². The van der Waals surface area contributed by atoms with Crippen LogP contribution in [0.5, 0.6) is 0 Å². The van der Waals surface area contributed by atoms with Gasteiger partial charge in [0, 0.05) is 11.8 Å². The van der Waals surface area contributed by atoms with Crippen LogP contribution in [0.1, 0.15) is 19.3 Å². The van der Waals surface area contributed by atoms with E-state index < -0.39 is 10.8 Å². The van der Waals surface area contributed by atoms with Gasteiger partial charge in [-0.15, -0.1) is 0 Å². The molecule has 0 aromatic carbocycles. The van der Waals surface area contributed by atoms with E-state index >= 15 is 0 Å². The third kappa shape index (κ3) is 1.08. The smallest absolute Gasteiger partial charge is 0.182 e. The number of rotatable bonds is 0. The van der Waals surface area contributed by atoms with Crippen molar-refractivity contribution in [3.63, 3.8) is 0 Å². The van der Waals surface area contributed by atoms with Gasteiger partial charge >= 0.3 is 0 Å². The Bertz CT molecular complexity index is 456. The van der Waals surface area contributed by atoms with Crippen molar-refractivity contribution in [1.29, 1.82) is 21.0 Å². The van der Waals surface area contributed by atoms with Gasteiger partial charge in [-0.2, -0.15) is 21.0 Å². The highest BCUT2D eigenvalue weighted by molar-refractivity contribution is 5.42. The van der Waals surface area contributed by atoms with Crippen LogP contribution in [-0.4, -0.2) is 0 Å². The number of nitriles is 4. The summed E-state index contributed by atoms with van der Waals surface area (Å²) in [6.07, 6.45) is 5.92. The van der Waals surface area contributed by atoms with Gasteiger partial charge in [-0.05, 0) is 12.8 Å². The lowest BCUT2D eigenvalue weighted by Gasteiger charge is -2.40. The fourth-order valence-electron chi connectivity index (χ4n) is 3.06. The first-order chi connectivity index (χ1) is 8.20. The minimum atomic E-state index is -1.52. The molecule has 0 spiro atoms. The van der Waals surface area contributed by atoms with E-state index in [-0.39, 0.29) is 11.8 Å². The second-order valence-corrected chi connectivity index (χ2v) is 4.59. The Kier molecular flexibility index (Phi) is 2.38. The molecule has 1 fully saturated rings. The molecule has 3 rings (SSSR count). The van der Waals surface area contributed by atoms with Gasteiger partial charge in [0.25, 0.3) is 0 Å². The Hall–Kier alpha value is -2.30. The van der Waals surface area contributed by atoms with Crippen molar-refractivity contribution in [3.05, 3.63) is 12.2 Å². The summed E-state index contributed by atoms with van der Waals surface area (Å²) in [7, 11) is 0. The Balaban J connectivity index is 2.77. The number of nitrogens with zero attached hydrogens (tertiary/aromatic N) is 4. The van der Waals surface area contributed by atoms with E-state index in [4.69, 9.17) is 0 Å². The zero-order chi connectivity index (χ0) is 12.5. The van der Waals surface area contributed by atoms with Crippen LogP contribution in [0.3, 0.4) is 0 Å². The molecular formula is C13H10N4. The molecule has 0 radical (unpaired) electrons. The van der Waals surface area contributed by atoms with Crippen molar-refractivity contribution in [2.45, 2.75) is 19.3 Å². The van der Waals surface area contributed by atoms with E-state index in [9.17, 15) is 21.0 Å². The molecule has 4 heteroatoms. The molecular weight excluding hydrogens is 212 g/mol. The van der Waals surface area contributed by atoms with Crippen LogP contribution in [0.25, 0.3) is 0 Å². The Morgan fingerprint density at radius 1 is 0.765 bits per heavy atom. The van der Waals surface area contributed by atoms with Gasteiger partial charge in [-0.25, -0.2) is 0 Å². The highest BCUT2D eigenvalue weighted by Crippen LogP contribution is 2.57. The van der Waals surface area contributed by atoms with Crippen LogP contribution in [-0.2, 0) is 0 Å². The molecule has 0 aliphatic heterocycles. The number of allylic oxidation sites excluding steroid dienone is 2. The summed E-state index contributed by atoms with van der Waals surface area (Å²) in [4.78, 5) is 0. The molecule has 0 saturated heterocycles. The van der Waals surface area contributed by atoms with E-state index in [2.05, 4.69) is 0 Å². The van der Waals surface area contributed by atoms with Crippen LogP contribution >= 0.6 is 0 Å². The van der Waals surface area contributed by atoms with Gasteiger partial charge in [-0.1, -0.05) is 18.6 Å². The molecule has 4 nitrogen and oxygen atoms in total. The first-order valence-corrected chi connectivity index (χ1v) is 5.54. The summed E-state index contributed by atoms with van der Waals surface area (Å²) in [5.74, 6) is -0.619. The lowest BCUT2D eigenvalue weighted by molar-refractivity contribution is 0.174. The van der Waals surface area contributed by atoms with E-state index in [0.717, 1.165) is 6.42 Å². The topological polar surface area (TPSA) is 95.2 Å². The van der Waals surface area contributed by atoms with E-state index in [1.165, 1.54) is 0 Å². The van der Waals surface area contributed by atoms with Crippen molar-refractivity contribution in [1.82, 2.24) is 0 Å². The quantitative estimate of drug-likeness (QED) is 0.586. The van der Waals surface area contributed by atoms with E-state index in [1.54, 1.807) is 0 Å². The maximum atomic E-state index is 9.38. The molecule has 3 aliphatic carbocycles. The third-order valence-corrected chi connectivity index (χ3v) is 4.05. The van der Waals surface area contributed by atoms with Crippen molar-refractivity contribution in [3.8, 4) is 24.3 Å². The van der Waals surface area contributed by atoms with Gasteiger partial charge in [0.15, 0.2) is 10.8 Å². The average molecular weight is 222 g/mol. The number of hydrogen-bond acceptors (Lipinski definition) is 4. The Morgan fingerprint density at radius 3 is 1.41 bits per heavy atom. The summed E-state index contributed by atoms with van der Waals surface area (Å²) in [6.45, 7) is 0. The average Bonchev–Trinajstić information content (AvgIpc) is 2.69. The van der Waals surface area contributed by atoms with Crippen molar-refractivity contribution in [2.24, 2.45) is 22.7 Å². The molecule has 1 saturated carbocycles. The Morgan fingerprint density at radius 2 is 1.12 bits per heavy atom. The van der Waals surface area contributed by atoms with E-state index in [1.807, 2.05) is 36.4 Å². The normalized spacial score (nSPS) is 31.3. The largest absolute Gasteiger partial charge is 0.196 e. The van der Waals surface area contributed by atoms with Crippen LogP contribution in [0.4, 0.5) is 0 Å². The molecule has 0 N–H and O–H groups in total. The first kappa shape index (κ1) is 11.2. The minimum Gasteiger partial charge on any atom is -0.196 e. The highest BCUT2D eigenvalue weighted by atomic mass is 14.6. The molecule has 0 aromatic heterocycles. The Labute approximate surface area is 100.0 Å². The minimum absolute atomic E-state index is 0.310. The van der Waals surface area contributed by atoms with Gasteiger partial charge in [0.2, 0.25) is 0 Å². The molecule has 0 amide bonds. The molecule has 2 atom stereocenters. The number of fused-ring (bicyclic) bond motifs is 3. The monoisotopic (exact) mass is 222 g/mol. The molecule has 0 aromatic rings. The fraction of sp³-hybridized carbons (Fsp3) is 0.538. The maximum absolute atomic E-state index is 9.38. The molecule has 0 heterocycles. The summed E-state index contributed by atoms with van der Waals surface area (Å²) in [5.41, 5.74) is -3.04. The molecule has 0 unspecified atom stereocenters. The zero-order valence-electron chi connectivity index (χ0n) is 9.22. The molecule has 3 aliphatic rings. The summed E-state index contributed by atoms with van der Waals surface area (Å²) in [6, 6.07) is 7.90. The second-order valence-electron chi connectivity index (χ2n) is 4.59. The highest BCUT2D eigenvalue weighted by Gasteiger charge is 2.64. The third-order valence-electron chi connectivity index (χ3n) is 4.05. The van der Waals surface area contributed by atoms with Crippen molar-refractivity contribution < 1.29 is 0 Å². The van der Waals surface area contributed by atoms with Crippen molar-refractivity contribution >= 4 is 0 Å². The summed E-state index contributed by atoms with van der Waals surface area (Å²) in [5, 5.41) is 37.5. The van der Waals surface area contributed by atoms with Gasteiger partial charge in [-0.3, -0.25) is 0 Å². The SMILES string of the molecule is N#CC1(C#N)[C@@H]2C=C[C@H](CCC2)C1(C#N)C#N. The van der Waals surface area contributed by atoms with Crippen LogP contribution in [0, 0.1) is 68.0 Å². The fourth-order valence-corrected chi connectivity index (χ4v) is 3.06. The maximum Gasteiger partial charge on any atom is 0.182 e. The van der Waals surface area contributed by atoms with E-state index in [0.29, 0.717) is 12.8 Å². The second kappa shape index (κ2) is 3.62. The van der Waals surface area contributed by atoms with Crippen LogP contribution < -0.4 is 0 Å². The predicted molar refractivity (Wildman–Crippen MR) is 57.3 cm³/mol. The lowest BCUT2D eigenvalue weighted by Crippen LogP contribution is -2.48. The molecule has 82 valence electrons. The summed E-state index contributed by atoms with van der Waals surface area (Å²) >= 11 is 0. The van der Waals surface area contributed by atoms with Crippen molar-refractivity contribution in [2.75, 3.05) is 0 Å². The van der Waals surface area contributed by atoms with Gasteiger partial charge in [0.1, 0.15) is 0 Å². The number of hydrogen-bond donors (Lipinski definition) is 0. The lowest BCUT2D eigenvalue weighted by atomic mass is 9.53. The molecule has 17 heavy (non-hydrogen) atoms. The summed E-state index contributed by atoms with van der Waals surface area (Å²) < 4.78 is 0. The zero-order valence-corrected chi connectivity index (χ0v) is 9.22. The van der Waals surface area contributed by atoms with Crippen LogP contribution in [0.2, 0.25) is 0 Å². The standard InChI is InChI=1S/C13H10N4/c14-6-12(7-15)10-2-1-3-11(5-4-10)13(12,8-16)9-17/h4-5,10-11H,1-3H2/t10-,11-/m0/s1. The van der Waals surface area contributed by atoms with Crippen LogP contribution in [0.15, 0.2) is 12.2 Å². The van der Waals surface area contributed by atoms with Gasteiger partial charge in [0.05, 0.1) is 24.3 Å². The first-order valence-electron chi connectivity index (χ1n) is 5.54.